The van der Waals surface area contributed by atoms with E-state index in [1.807, 2.05) is 38.1 Å². The van der Waals surface area contributed by atoms with Gasteiger partial charge in [-0.15, -0.1) is 0 Å². The largest absolute Gasteiger partial charge is 0.465 e. The van der Waals surface area contributed by atoms with Crippen molar-refractivity contribution in [2.24, 2.45) is 0 Å². The Kier molecular flexibility index (Phi) is 5.69. The van der Waals surface area contributed by atoms with E-state index >= 15 is 0 Å². The zero-order chi connectivity index (χ0) is 20.3. The van der Waals surface area contributed by atoms with E-state index in [4.69, 9.17) is 0 Å². The molecular weight excluding hydrogens is 352 g/mol. The van der Waals surface area contributed by atoms with Crippen LogP contribution in [0, 0.1) is 13.8 Å². The molecule has 0 atom stereocenters. The molecule has 0 bridgehead atoms. The lowest BCUT2D eigenvalue weighted by Gasteiger charge is -2.08. The number of methoxy groups -OCH3 is 1. The summed E-state index contributed by atoms with van der Waals surface area (Å²) < 4.78 is 4.64. The van der Waals surface area contributed by atoms with Crippen molar-refractivity contribution in [2.75, 3.05) is 7.11 Å². The highest BCUT2D eigenvalue weighted by molar-refractivity contribution is 6.04. The van der Waals surface area contributed by atoms with Gasteiger partial charge < -0.3 is 4.74 Å². The van der Waals surface area contributed by atoms with Crippen LogP contribution in [0.4, 0.5) is 0 Å². The average Bonchev–Trinajstić information content (AvgIpc) is 2.73. The molecule has 142 valence electrons. The molecule has 0 saturated carbocycles. The molecule has 0 fully saturated rings. The van der Waals surface area contributed by atoms with Gasteiger partial charge in [0.1, 0.15) is 0 Å². The van der Waals surface area contributed by atoms with Crippen LogP contribution < -0.4 is 0 Å². The first-order valence-corrected chi connectivity index (χ1v) is 9.15. The zero-order valence-corrected chi connectivity index (χ0v) is 16.2. The maximum atomic E-state index is 12.6. The van der Waals surface area contributed by atoms with Crippen molar-refractivity contribution in [3.63, 3.8) is 0 Å². The van der Waals surface area contributed by atoms with Crippen molar-refractivity contribution in [1.82, 2.24) is 0 Å². The van der Waals surface area contributed by atoms with Crippen molar-refractivity contribution in [3.05, 3.63) is 82.4 Å². The van der Waals surface area contributed by atoms with Gasteiger partial charge in [0.15, 0.2) is 11.6 Å². The van der Waals surface area contributed by atoms with E-state index < -0.39 is 5.97 Å². The number of benzene rings is 3. The zero-order valence-electron chi connectivity index (χ0n) is 16.2. The summed E-state index contributed by atoms with van der Waals surface area (Å²) in [4.78, 5) is 36.4. The predicted octanol–water partition coefficient (Wildman–Crippen LogP) is 5.09. The lowest BCUT2D eigenvalue weighted by molar-refractivity contribution is 0.0600. The number of ketones is 2. The van der Waals surface area contributed by atoms with Gasteiger partial charge in [-0.25, -0.2) is 4.79 Å². The standard InChI is InChI=1S/C24H22O4/c1-15-4-5-16(2)21-14-19(10-11-20(15)21)23(26)13-12-22(25)17-6-8-18(9-7-17)24(27)28-3/h4-11,14H,12-13H2,1-3H3. The van der Waals surface area contributed by atoms with Crippen LogP contribution in [-0.2, 0) is 4.74 Å². The normalized spacial score (nSPS) is 10.7. The lowest BCUT2D eigenvalue weighted by atomic mass is 9.95. The van der Waals surface area contributed by atoms with Gasteiger partial charge in [-0.1, -0.05) is 36.4 Å². The number of Topliss-reactive ketones (excluding diaryl/α,β-unsaturated/α-hetero) is 2. The Morgan fingerprint density at radius 2 is 1.18 bits per heavy atom. The van der Waals surface area contributed by atoms with Gasteiger partial charge in [0, 0.05) is 24.0 Å². The van der Waals surface area contributed by atoms with E-state index in [1.54, 1.807) is 24.3 Å². The van der Waals surface area contributed by atoms with Gasteiger partial charge in [-0.3, -0.25) is 9.59 Å². The minimum absolute atomic E-state index is 0.0534. The first kappa shape index (κ1) is 19.5. The minimum atomic E-state index is -0.448. The molecule has 0 unspecified atom stereocenters. The summed E-state index contributed by atoms with van der Waals surface area (Å²) in [6, 6.07) is 16.1. The van der Waals surface area contributed by atoms with Crippen molar-refractivity contribution in [1.29, 1.82) is 0 Å². The molecule has 0 N–H and O–H groups in total. The van der Waals surface area contributed by atoms with Crippen LogP contribution in [0.5, 0.6) is 0 Å². The molecule has 28 heavy (non-hydrogen) atoms. The Hall–Kier alpha value is -3.27. The SMILES string of the molecule is COC(=O)c1ccc(C(=O)CCC(=O)c2ccc3c(C)ccc(C)c3c2)cc1. The van der Waals surface area contributed by atoms with Gasteiger partial charge in [0.2, 0.25) is 0 Å². The highest BCUT2D eigenvalue weighted by atomic mass is 16.5. The fraction of sp³-hybridized carbons (Fsp3) is 0.208. The number of hydrogen-bond acceptors (Lipinski definition) is 4. The molecule has 0 aliphatic heterocycles. The van der Waals surface area contributed by atoms with Crippen LogP contribution in [0.1, 0.15) is 55.0 Å². The summed E-state index contributed by atoms with van der Waals surface area (Å²) in [5.41, 5.74) is 3.78. The number of rotatable bonds is 6. The number of ether oxygens (including phenoxy) is 1. The maximum Gasteiger partial charge on any atom is 0.337 e. The van der Waals surface area contributed by atoms with E-state index in [0.29, 0.717) is 16.7 Å². The van der Waals surface area contributed by atoms with Crippen LogP contribution in [0.15, 0.2) is 54.6 Å². The Balaban J connectivity index is 1.70. The average molecular weight is 374 g/mol. The van der Waals surface area contributed by atoms with Gasteiger partial charge in [-0.2, -0.15) is 0 Å². The summed E-state index contributed by atoms with van der Waals surface area (Å²) in [5.74, 6) is -0.629. The molecule has 0 heterocycles. The second-order valence-electron chi connectivity index (χ2n) is 6.88. The number of hydrogen-bond donors (Lipinski definition) is 0. The number of fused-ring (bicyclic) bond motifs is 1. The van der Waals surface area contributed by atoms with Crippen molar-refractivity contribution in [3.8, 4) is 0 Å². The summed E-state index contributed by atoms with van der Waals surface area (Å²) in [6.07, 6.45) is 0.273. The molecular formula is C24H22O4. The second kappa shape index (κ2) is 8.17. The number of esters is 1. The van der Waals surface area contributed by atoms with Gasteiger partial charge in [-0.05, 0) is 53.9 Å². The Morgan fingerprint density at radius 1 is 0.679 bits per heavy atom. The Morgan fingerprint density at radius 3 is 1.79 bits per heavy atom. The molecule has 0 aliphatic rings. The van der Waals surface area contributed by atoms with Gasteiger partial charge in [0.05, 0.1) is 12.7 Å². The number of aryl methyl sites for hydroxylation is 2. The molecule has 0 aliphatic carbocycles. The van der Waals surface area contributed by atoms with Crippen molar-refractivity contribution in [2.45, 2.75) is 26.7 Å². The monoisotopic (exact) mass is 374 g/mol. The molecule has 3 rings (SSSR count). The summed E-state index contributed by atoms with van der Waals surface area (Å²) in [6.45, 7) is 4.07. The third kappa shape index (κ3) is 4.01. The first-order chi connectivity index (χ1) is 13.4. The summed E-state index contributed by atoms with van der Waals surface area (Å²) >= 11 is 0. The number of carbonyl (C=O) groups excluding carboxylic acids is 3. The van der Waals surface area contributed by atoms with Crippen LogP contribution in [0.3, 0.4) is 0 Å². The molecule has 4 heteroatoms. The highest BCUT2D eigenvalue weighted by Crippen LogP contribution is 2.24. The topological polar surface area (TPSA) is 60.4 Å². The molecule has 0 amide bonds. The van der Waals surface area contributed by atoms with Crippen LogP contribution >= 0.6 is 0 Å². The summed E-state index contributed by atoms with van der Waals surface area (Å²) in [5, 5.41) is 2.20. The van der Waals surface area contributed by atoms with Crippen LogP contribution in [0.25, 0.3) is 10.8 Å². The molecule has 3 aromatic carbocycles. The smallest absolute Gasteiger partial charge is 0.337 e. The predicted molar refractivity (Wildman–Crippen MR) is 109 cm³/mol. The quantitative estimate of drug-likeness (QED) is 0.445. The maximum absolute atomic E-state index is 12.6. The Labute approximate surface area is 164 Å². The van der Waals surface area contributed by atoms with Crippen LogP contribution in [0.2, 0.25) is 0 Å². The highest BCUT2D eigenvalue weighted by Gasteiger charge is 2.13. The van der Waals surface area contributed by atoms with E-state index in [1.165, 1.54) is 12.7 Å². The van der Waals surface area contributed by atoms with Gasteiger partial charge >= 0.3 is 5.97 Å². The second-order valence-corrected chi connectivity index (χ2v) is 6.88. The third-order valence-electron chi connectivity index (χ3n) is 4.98. The van der Waals surface area contributed by atoms with Crippen LogP contribution in [-0.4, -0.2) is 24.6 Å². The van der Waals surface area contributed by atoms with E-state index in [0.717, 1.165) is 16.3 Å². The fourth-order valence-electron chi connectivity index (χ4n) is 3.24. The van der Waals surface area contributed by atoms with E-state index in [-0.39, 0.29) is 24.4 Å². The lowest BCUT2D eigenvalue weighted by Crippen LogP contribution is -2.06. The Bertz CT molecular complexity index is 1060. The third-order valence-corrected chi connectivity index (χ3v) is 4.98. The number of carbonyl (C=O) groups is 3. The molecule has 3 aromatic rings. The molecule has 0 radical (unpaired) electrons. The first-order valence-electron chi connectivity index (χ1n) is 9.15. The minimum Gasteiger partial charge on any atom is -0.465 e. The molecule has 0 spiro atoms. The fourth-order valence-corrected chi connectivity index (χ4v) is 3.24. The summed E-state index contributed by atoms with van der Waals surface area (Å²) in [7, 11) is 1.31. The molecule has 0 saturated heterocycles. The molecule has 0 aromatic heterocycles. The molecule has 4 nitrogen and oxygen atoms in total. The van der Waals surface area contributed by atoms with Gasteiger partial charge in [0.25, 0.3) is 0 Å². The van der Waals surface area contributed by atoms with Crippen molar-refractivity contribution >= 4 is 28.3 Å². The van der Waals surface area contributed by atoms with E-state index in [2.05, 4.69) is 10.8 Å². The van der Waals surface area contributed by atoms with E-state index in [9.17, 15) is 14.4 Å². The van der Waals surface area contributed by atoms with Crippen molar-refractivity contribution < 1.29 is 19.1 Å².